The number of likely N-dealkylation sites (tertiary alicyclic amines) is 1. The van der Waals surface area contributed by atoms with E-state index < -0.39 is 0 Å². The fourth-order valence-electron chi connectivity index (χ4n) is 4.03. The molecule has 5 heteroatoms. The van der Waals surface area contributed by atoms with Crippen LogP contribution in [0.1, 0.15) is 50.3 Å². The second-order valence-corrected chi connectivity index (χ2v) is 9.61. The van der Waals surface area contributed by atoms with Crippen LogP contribution in [0.25, 0.3) is 21.0 Å². The molecule has 0 N–H and O–H groups in total. The number of thiazole rings is 1. The highest BCUT2D eigenvalue weighted by molar-refractivity contribution is 7.18. The number of ether oxygens (including phenoxy) is 1. The molecule has 0 amide bonds. The van der Waals surface area contributed by atoms with Gasteiger partial charge < -0.3 is 4.74 Å². The summed E-state index contributed by atoms with van der Waals surface area (Å²) < 4.78 is 5.25. The number of benzene rings is 2. The molecule has 1 saturated heterocycles. The maximum Gasteiger partial charge on any atom is 0.302 e. The average molecular weight is 435 g/mol. The first-order chi connectivity index (χ1) is 14.9. The van der Waals surface area contributed by atoms with E-state index in [1.54, 1.807) is 11.3 Å². The molecule has 0 bridgehead atoms. The van der Waals surface area contributed by atoms with Crippen LogP contribution in [-0.2, 0) is 22.5 Å². The Kier molecular flexibility index (Phi) is 6.54. The second-order valence-electron chi connectivity index (χ2n) is 8.58. The number of esters is 1. The molecule has 31 heavy (non-hydrogen) atoms. The van der Waals surface area contributed by atoms with Gasteiger partial charge in [-0.05, 0) is 34.6 Å². The van der Waals surface area contributed by atoms with E-state index in [1.165, 1.54) is 39.6 Å². The summed E-state index contributed by atoms with van der Waals surface area (Å²) in [4.78, 5) is 19.3. The second kappa shape index (κ2) is 9.33. The van der Waals surface area contributed by atoms with Gasteiger partial charge in [0, 0.05) is 38.3 Å². The minimum absolute atomic E-state index is 0.0470. The molecule has 4 nitrogen and oxygen atoms in total. The minimum Gasteiger partial charge on any atom is -0.460 e. The number of nitrogens with zero attached hydrogens (tertiary/aromatic N) is 2. The van der Waals surface area contributed by atoms with Crippen molar-refractivity contribution in [1.82, 2.24) is 9.88 Å². The molecular weight excluding hydrogens is 404 g/mol. The smallest absolute Gasteiger partial charge is 0.302 e. The monoisotopic (exact) mass is 434 g/mol. The van der Waals surface area contributed by atoms with Crippen molar-refractivity contribution in [2.75, 3.05) is 13.1 Å². The molecule has 1 aliphatic rings. The summed E-state index contributed by atoms with van der Waals surface area (Å²) in [6, 6.07) is 15.5. The molecule has 0 atom stereocenters. The van der Waals surface area contributed by atoms with E-state index in [4.69, 9.17) is 9.72 Å². The van der Waals surface area contributed by atoms with Gasteiger partial charge in [0.2, 0.25) is 0 Å². The Labute approximate surface area is 188 Å². The van der Waals surface area contributed by atoms with Crippen LogP contribution in [0.15, 0.2) is 48.7 Å². The van der Waals surface area contributed by atoms with Crippen molar-refractivity contribution < 1.29 is 9.53 Å². The minimum atomic E-state index is -0.194. The van der Waals surface area contributed by atoms with Crippen LogP contribution >= 0.6 is 11.3 Å². The Morgan fingerprint density at radius 3 is 2.58 bits per heavy atom. The summed E-state index contributed by atoms with van der Waals surface area (Å²) in [7, 11) is 0. The van der Waals surface area contributed by atoms with E-state index in [1.807, 2.05) is 6.20 Å². The van der Waals surface area contributed by atoms with Crippen LogP contribution in [0.4, 0.5) is 0 Å². The van der Waals surface area contributed by atoms with Crippen LogP contribution in [0.3, 0.4) is 0 Å². The first-order valence-corrected chi connectivity index (χ1v) is 11.8. The Morgan fingerprint density at radius 2 is 1.94 bits per heavy atom. The fraction of sp³-hybridized carbons (Fsp3) is 0.385. The van der Waals surface area contributed by atoms with Crippen LogP contribution < -0.4 is 0 Å². The highest BCUT2D eigenvalue weighted by atomic mass is 32.1. The third kappa shape index (κ3) is 5.05. The van der Waals surface area contributed by atoms with Gasteiger partial charge in [-0.1, -0.05) is 63.2 Å². The van der Waals surface area contributed by atoms with Crippen LogP contribution in [-0.4, -0.2) is 35.0 Å². The predicted molar refractivity (Wildman–Crippen MR) is 127 cm³/mol. The van der Waals surface area contributed by atoms with Crippen LogP contribution in [0.5, 0.6) is 0 Å². The van der Waals surface area contributed by atoms with E-state index >= 15 is 0 Å². The third-order valence-electron chi connectivity index (χ3n) is 5.81. The van der Waals surface area contributed by atoms with Gasteiger partial charge in [-0.2, -0.15) is 0 Å². The molecule has 1 aliphatic heterocycles. The molecule has 2 aromatic carbocycles. The molecule has 0 saturated carbocycles. The SMILES string of the molecule is CCc1cc(CN2CC(OC(C)=O)C2)ccc1-c1ncc(-c2ccc(C(C)C)cc2)s1. The zero-order chi connectivity index (χ0) is 22.0. The summed E-state index contributed by atoms with van der Waals surface area (Å²) >= 11 is 1.75. The normalized spacial score (nSPS) is 14.6. The number of rotatable bonds is 7. The van der Waals surface area contributed by atoms with Crippen molar-refractivity contribution in [3.63, 3.8) is 0 Å². The number of carbonyl (C=O) groups is 1. The average Bonchev–Trinajstić information content (AvgIpc) is 3.21. The van der Waals surface area contributed by atoms with E-state index in [2.05, 4.69) is 68.1 Å². The van der Waals surface area contributed by atoms with Gasteiger partial charge in [0.1, 0.15) is 11.1 Å². The fourth-order valence-corrected chi connectivity index (χ4v) is 5.01. The number of aromatic nitrogens is 1. The Balaban J connectivity index is 1.47. The number of aryl methyl sites for hydroxylation is 1. The first kappa shape index (κ1) is 21.7. The molecule has 0 aliphatic carbocycles. The molecular formula is C26H30N2O2S. The number of hydrogen-bond acceptors (Lipinski definition) is 5. The lowest BCUT2D eigenvalue weighted by molar-refractivity contribution is -0.155. The summed E-state index contributed by atoms with van der Waals surface area (Å²) in [6.07, 6.45) is 3.01. The molecule has 162 valence electrons. The highest BCUT2D eigenvalue weighted by Gasteiger charge is 2.29. The van der Waals surface area contributed by atoms with E-state index in [9.17, 15) is 4.79 Å². The highest BCUT2D eigenvalue weighted by Crippen LogP contribution is 2.35. The van der Waals surface area contributed by atoms with Crippen LogP contribution in [0, 0.1) is 0 Å². The van der Waals surface area contributed by atoms with Gasteiger partial charge >= 0.3 is 5.97 Å². The quantitative estimate of drug-likeness (QED) is 0.434. The maximum absolute atomic E-state index is 11.1. The van der Waals surface area contributed by atoms with Crippen LogP contribution in [0.2, 0.25) is 0 Å². The van der Waals surface area contributed by atoms with Gasteiger partial charge in [-0.25, -0.2) is 4.98 Å². The predicted octanol–water partition coefficient (Wildman–Crippen LogP) is 5.91. The zero-order valence-corrected chi connectivity index (χ0v) is 19.5. The topological polar surface area (TPSA) is 42.4 Å². The zero-order valence-electron chi connectivity index (χ0n) is 18.7. The van der Waals surface area contributed by atoms with Crippen molar-refractivity contribution in [3.8, 4) is 21.0 Å². The van der Waals surface area contributed by atoms with Gasteiger partial charge in [-0.15, -0.1) is 11.3 Å². The summed E-state index contributed by atoms with van der Waals surface area (Å²) in [6.45, 7) is 10.6. The molecule has 0 spiro atoms. The summed E-state index contributed by atoms with van der Waals surface area (Å²) in [5.41, 5.74) is 6.43. The molecule has 2 heterocycles. The molecule has 3 aromatic rings. The van der Waals surface area contributed by atoms with Crippen molar-refractivity contribution in [2.45, 2.75) is 52.7 Å². The Hall–Kier alpha value is -2.50. The molecule has 1 aromatic heterocycles. The standard InChI is InChI=1S/C26H30N2O2S/c1-5-20-12-19(14-28-15-23(16-28)30-18(4)29)6-11-24(20)26-27-13-25(31-26)22-9-7-21(8-10-22)17(2)3/h6-13,17,23H,5,14-16H2,1-4H3. The lowest BCUT2D eigenvalue weighted by atomic mass is 10.0. The largest absolute Gasteiger partial charge is 0.460 e. The van der Waals surface area contributed by atoms with Gasteiger partial charge in [0.05, 0.1) is 4.88 Å². The number of carbonyl (C=O) groups excluding carboxylic acids is 1. The Bertz CT molecular complexity index is 1050. The van der Waals surface area contributed by atoms with E-state index in [0.717, 1.165) is 31.1 Å². The maximum atomic E-state index is 11.1. The molecule has 4 rings (SSSR count). The first-order valence-electron chi connectivity index (χ1n) is 11.0. The third-order valence-corrected chi connectivity index (χ3v) is 6.89. The van der Waals surface area contributed by atoms with E-state index in [0.29, 0.717) is 5.92 Å². The van der Waals surface area contributed by atoms with Gasteiger partial charge in [-0.3, -0.25) is 9.69 Å². The van der Waals surface area contributed by atoms with Gasteiger partial charge in [0.15, 0.2) is 0 Å². The van der Waals surface area contributed by atoms with Crippen molar-refractivity contribution in [1.29, 1.82) is 0 Å². The van der Waals surface area contributed by atoms with Crippen molar-refractivity contribution in [3.05, 3.63) is 65.4 Å². The summed E-state index contributed by atoms with van der Waals surface area (Å²) in [5.74, 6) is 0.349. The lowest BCUT2D eigenvalue weighted by Crippen LogP contribution is -2.51. The molecule has 0 radical (unpaired) electrons. The van der Waals surface area contributed by atoms with E-state index in [-0.39, 0.29) is 12.1 Å². The number of hydrogen-bond donors (Lipinski definition) is 0. The van der Waals surface area contributed by atoms with Crippen molar-refractivity contribution >= 4 is 17.3 Å². The Morgan fingerprint density at radius 1 is 1.19 bits per heavy atom. The molecule has 0 unspecified atom stereocenters. The summed E-state index contributed by atoms with van der Waals surface area (Å²) in [5, 5.41) is 1.07. The van der Waals surface area contributed by atoms with Gasteiger partial charge in [0.25, 0.3) is 0 Å². The lowest BCUT2D eigenvalue weighted by Gasteiger charge is -2.38. The van der Waals surface area contributed by atoms with Crippen molar-refractivity contribution in [2.24, 2.45) is 0 Å². The molecule has 1 fully saturated rings.